The maximum Gasteiger partial charge on any atom is 0.221 e. The number of nitrogens with one attached hydrogen (secondary N) is 1. The van der Waals surface area contributed by atoms with Crippen LogP contribution in [0.25, 0.3) is 5.69 Å². The molecule has 3 rings (SSSR count). The minimum atomic E-state index is 0.0965. The smallest absolute Gasteiger partial charge is 0.221 e. The van der Waals surface area contributed by atoms with Gasteiger partial charge < -0.3 is 9.88 Å². The van der Waals surface area contributed by atoms with Gasteiger partial charge in [0.1, 0.15) is 0 Å². The lowest BCUT2D eigenvalue weighted by Gasteiger charge is -2.07. The minimum Gasteiger partial charge on any atom is -0.352 e. The molecule has 1 N–H and O–H groups in total. The van der Waals surface area contributed by atoms with E-state index in [9.17, 15) is 4.79 Å². The maximum absolute atomic E-state index is 11.9. The SMILES string of the molecule is O=C(CCSCc1ccccc1)NCc1ccc(-n2ccnc2)cc1. The van der Waals surface area contributed by atoms with Gasteiger partial charge in [-0.25, -0.2) is 4.98 Å². The van der Waals surface area contributed by atoms with Crippen molar-refractivity contribution in [2.75, 3.05) is 5.75 Å². The molecular weight excluding hydrogens is 330 g/mol. The van der Waals surface area contributed by atoms with Gasteiger partial charge in [0.15, 0.2) is 0 Å². The summed E-state index contributed by atoms with van der Waals surface area (Å²) in [6.07, 6.45) is 5.97. The number of amides is 1. The molecular formula is C20H21N3OS. The third-order valence-electron chi connectivity index (χ3n) is 3.81. The largest absolute Gasteiger partial charge is 0.352 e. The van der Waals surface area contributed by atoms with E-state index in [1.165, 1.54) is 5.56 Å². The lowest BCUT2D eigenvalue weighted by molar-refractivity contribution is -0.120. The highest BCUT2D eigenvalue weighted by molar-refractivity contribution is 7.98. The Morgan fingerprint density at radius 1 is 1.04 bits per heavy atom. The number of rotatable bonds is 8. The normalized spacial score (nSPS) is 10.6. The molecule has 1 heterocycles. The molecule has 0 aliphatic heterocycles. The Hall–Kier alpha value is -2.53. The zero-order valence-corrected chi connectivity index (χ0v) is 14.8. The highest BCUT2D eigenvalue weighted by Gasteiger charge is 2.02. The van der Waals surface area contributed by atoms with Crippen LogP contribution in [0.3, 0.4) is 0 Å². The molecule has 128 valence electrons. The maximum atomic E-state index is 11.9. The molecule has 25 heavy (non-hydrogen) atoms. The summed E-state index contributed by atoms with van der Waals surface area (Å²) in [5, 5.41) is 2.98. The number of benzene rings is 2. The van der Waals surface area contributed by atoms with E-state index < -0.39 is 0 Å². The molecule has 1 amide bonds. The lowest BCUT2D eigenvalue weighted by atomic mass is 10.2. The van der Waals surface area contributed by atoms with Crippen molar-refractivity contribution in [3.8, 4) is 5.69 Å². The Kier molecular flexibility index (Phi) is 6.29. The summed E-state index contributed by atoms with van der Waals surface area (Å²) in [5.41, 5.74) is 3.45. The first-order chi connectivity index (χ1) is 12.3. The molecule has 0 spiro atoms. The van der Waals surface area contributed by atoms with Crippen LogP contribution in [-0.2, 0) is 17.1 Å². The molecule has 0 radical (unpaired) electrons. The molecule has 0 saturated carbocycles. The molecule has 0 unspecified atom stereocenters. The Labute approximate surface area is 152 Å². The predicted octanol–water partition coefficient (Wildman–Crippen LogP) is 3.81. The van der Waals surface area contributed by atoms with Gasteiger partial charge in [0.2, 0.25) is 5.91 Å². The van der Waals surface area contributed by atoms with Crippen LogP contribution >= 0.6 is 11.8 Å². The topological polar surface area (TPSA) is 46.9 Å². The lowest BCUT2D eigenvalue weighted by Crippen LogP contribution is -2.23. The van der Waals surface area contributed by atoms with Gasteiger partial charge in [-0.05, 0) is 23.3 Å². The number of aromatic nitrogens is 2. The molecule has 0 bridgehead atoms. The van der Waals surface area contributed by atoms with Crippen molar-refractivity contribution in [1.29, 1.82) is 0 Å². The van der Waals surface area contributed by atoms with E-state index in [2.05, 4.69) is 22.4 Å². The Morgan fingerprint density at radius 3 is 2.56 bits per heavy atom. The molecule has 0 saturated heterocycles. The second kappa shape index (κ2) is 9.08. The third kappa shape index (κ3) is 5.50. The van der Waals surface area contributed by atoms with Crippen LogP contribution in [0.4, 0.5) is 0 Å². The van der Waals surface area contributed by atoms with Crippen molar-refractivity contribution in [1.82, 2.24) is 14.9 Å². The van der Waals surface area contributed by atoms with Crippen LogP contribution in [0, 0.1) is 0 Å². The molecule has 1 aromatic heterocycles. The van der Waals surface area contributed by atoms with Crippen molar-refractivity contribution >= 4 is 17.7 Å². The van der Waals surface area contributed by atoms with Crippen LogP contribution in [-0.4, -0.2) is 21.2 Å². The van der Waals surface area contributed by atoms with Crippen LogP contribution < -0.4 is 5.32 Å². The number of hydrogen-bond donors (Lipinski definition) is 1. The van der Waals surface area contributed by atoms with Gasteiger partial charge in [0.25, 0.3) is 0 Å². The fourth-order valence-corrected chi connectivity index (χ4v) is 3.32. The van der Waals surface area contributed by atoms with Gasteiger partial charge in [-0.1, -0.05) is 42.5 Å². The average molecular weight is 351 g/mol. The molecule has 4 nitrogen and oxygen atoms in total. The van der Waals surface area contributed by atoms with Crippen molar-refractivity contribution in [3.05, 3.63) is 84.4 Å². The fraction of sp³-hybridized carbons (Fsp3) is 0.200. The van der Waals surface area contributed by atoms with E-state index in [1.807, 2.05) is 53.2 Å². The highest BCUT2D eigenvalue weighted by Crippen LogP contribution is 2.13. The summed E-state index contributed by atoms with van der Waals surface area (Å²) in [7, 11) is 0. The molecule has 3 aromatic rings. The van der Waals surface area contributed by atoms with Gasteiger partial charge in [-0.2, -0.15) is 11.8 Å². The average Bonchev–Trinajstić information content (AvgIpc) is 3.20. The molecule has 0 aliphatic rings. The quantitative estimate of drug-likeness (QED) is 0.628. The van der Waals surface area contributed by atoms with Crippen LogP contribution in [0.1, 0.15) is 17.5 Å². The van der Waals surface area contributed by atoms with E-state index in [-0.39, 0.29) is 5.91 Å². The molecule has 2 aromatic carbocycles. The summed E-state index contributed by atoms with van der Waals surface area (Å²) in [5.74, 6) is 1.88. The second-order valence-electron chi connectivity index (χ2n) is 5.70. The van der Waals surface area contributed by atoms with Gasteiger partial charge in [-0.3, -0.25) is 4.79 Å². The summed E-state index contributed by atoms with van der Waals surface area (Å²) < 4.78 is 1.95. The van der Waals surface area contributed by atoms with Crippen LogP contribution in [0.5, 0.6) is 0 Å². The number of thioether (sulfide) groups is 1. The molecule has 0 atom stereocenters. The first kappa shape index (κ1) is 17.3. The number of carbonyl (C=O) groups excluding carboxylic acids is 1. The summed E-state index contributed by atoms with van der Waals surface area (Å²) in [6.45, 7) is 0.562. The summed E-state index contributed by atoms with van der Waals surface area (Å²) in [4.78, 5) is 16.0. The van der Waals surface area contributed by atoms with E-state index in [0.717, 1.165) is 22.8 Å². The number of carbonyl (C=O) groups is 1. The van der Waals surface area contributed by atoms with Crippen LogP contribution in [0.2, 0.25) is 0 Å². The second-order valence-corrected chi connectivity index (χ2v) is 6.81. The van der Waals surface area contributed by atoms with Gasteiger partial charge in [0.05, 0.1) is 6.33 Å². The standard InChI is InChI=1S/C20H21N3OS/c24-20(10-13-25-15-18-4-2-1-3-5-18)22-14-17-6-8-19(9-7-17)23-12-11-21-16-23/h1-9,11-12,16H,10,13-15H2,(H,22,24). The van der Waals surface area contributed by atoms with Gasteiger partial charge in [0, 0.05) is 42.6 Å². The first-order valence-corrected chi connectivity index (χ1v) is 9.42. The van der Waals surface area contributed by atoms with E-state index in [4.69, 9.17) is 0 Å². The molecule has 0 aliphatic carbocycles. The minimum absolute atomic E-state index is 0.0965. The fourth-order valence-electron chi connectivity index (χ4n) is 2.42. The van der Waals surface area contributed by atoms with Gasteiger partial charge >= 0.3 is 0 Å². The number of hydrogen-bond acceptors (Lipinski definition) is 3. The summed E-state index contributed by atoms with van der Waals surface area (Å²) in [6, 6.07) is 18.4. The van der Waals surface area contributed by atoms with E-state index in [0.29, 0.717) is 13.0 Å². The number of imidazole rings is 1. The number of nitrogens with zero attached hydrogens (tertiary/aromatic N) is 2. The first-order valence-electron chi connectivity index (χ1n) is 8.27. The van der Waals surface area contributed by atoms with Gasteiger partial charge in [-0.15, -0.1) is 0 Å². The van der Waals surface area contributed by atoms with Crippen molar-refractivity contribution in [3.63, 3.8) is 0 Å². The van der Waals surface area contributed by atoms with Crippen molar-refractivity contribution in [2.45, 2.75) is 18.7 Å². The Balaban J connectivity index is 1.36. The summed E-state index contributed by atoms with van der Waals surface area (Å²) >= 11 is 1.79. The van der Waals surface area contributed by atoms with Crippen molar-refractivity contribution < 1.29 is 4.79 Å². The monoisotopic (exact) mass is 351 g/mol. The zero-order chi connectivity index (χ0) is 17.3. The predicted molar refractivity (Wildman–Crippen MR) is 103 cm³/mol. The Morgan fingerprint density at radius 2 is 1.84 bits per heavy atom. The third-order valence-corrected chi connectivity index (χ3v) is 4.84. The van der Waals surface area contributed by atoms with E-state index in [1.54, 1.807) is 24.3 Å². The zero-order valence-electron chi connectivity index (χ0n) is 14.0. The van der Waals surface area contributed by atoms with Crippen LogP contribution in [0.15, 0.2) is 73.3 Å². The molecule has 0 fully saturated rings. The van der Waals surface area contributed by atoms with E-state index >= 15 is 0 Å². The molecule has 5 heteroatoms. The Bertz CT molecular complexity index is 770. The highest BCUT2D eigenvalue weighted by atomic mass is 32.2. The van der Waals surface area contributed by atoms with Crippen molar-refractivity contribution in [2.24, 2.45) is 0 Å².